The van der Waals surface area contributed by atoms with Crippen molar-refractivity contribution in [3.8, 4) is 0 Å². The van der Waals surface area contributed by atoms with Crippen molar-refractivity contribution >= 4 is 12.0 Å². The molecule has 1 aliphatic rings. The summed E-state index contributed by atoms with van der Waals surface area (Å²) < 4.78 is 1.55. The van der Waals surface area contributed by atoms with Crippen molar-refractivity contribution in [1.29, 1.82) is 0 Å². The van der Waals surface area contributed by atoms with Gasteiger partial charge in [0.25, 0.3) is 0 Å². The minimum Gasteiger partial charge on any atom is -0.480 e. The summed E-state index contributed by atoms with van der Waals surface area (Å²) in [5, 5.41) is 15.9. The number of nitrogens with one attached hydrogen (secondary N) is 1. The predicted molar refractivity (Wildman–Crippen MR) is 69.8 cm³/mol. The van der Waals surface area contributed by atoms with E-state index in [9.17, 15) is 14.7 Å². The van der Waals surface area contributed by atoms with Crippen molar-refractivity contribution in [1.82, 2.24) is 25.0 Å². The quantitative estimate of drug-likeness (QED) is 0.825. The maximum atomic E-state index is 12.1. The van der Waals surface area contributed by atoms with Crippen LogP contribution in [0.4, 0.5) is 4.79 Å². The first-order valence-corrected chi connectivity index (χ1v) is 6.59. The Bertz CT molecular complexity index is 501. The number of likely N-dealkylation sites (tertiary alicyclic amines) is 1. The van der Waals surface area contributed by atoms with Crippen LogP contribution in [0.5, 0.6) is 0 Å². The molecule has 110 valence electrons. The van der Waals surface area contributed by atoms with E-state index in [0.29, 0.717) is 24.7 Å². The summed E-state index contributed by atoms with van der Waals surface area (Å²) >= 11 is 0. The largest absolute Gasteiger partial charge is 0.480 e. The maximum absolute atomic E-state index is 12.1. The number of piperidine rings is 1. The van der Waals surface area contributed by atoms with Crippen molar-refractivity contribution in [3.05, 3.63) is 12.2 Å². The number of urea groups is 1. The standard InChI is InChI=1S/C12H19N5O3/c1-8-3-4-17(9(5-8)11(18)19)12(20)13-6-10-14-7-16(2)15-10/h7-9H,3-6H2,1-2H3,(H,13,20)(H,18,19). The number of carboxylic acid groups (broad SMARTS) is 1. The lowest BCUT2D eigenvalue weighted by Gasteiger charge is -2.35. The number of amides is 2. The molecule has 2 unspecified atom stereocenters. The Kier molecular flexibility index (Phi) is 4.21. The molecule has 2 rings (SSSR count). The minimum absolute atomic E-state index is 0.193. The van der Waals surface area contributed by atoms with Crippen LogP contribution < -0.4 is 5.32 Å². The molecule has 2 amide bonds. The Hall–Kier alpha value is -2.12. The maximum Gasteiger partial charge on any atom is 0.326 e. The Morgan fingerprint density at radius 3 is 2.90 bits per heavy atom. The predicted octanol–water partition coefficient (Wildman–Crippen LogP) is 0.210. The molecule has 1 aromatic rings. The molecule has 0 aromatic carbocycles. The zero-order valence-electron chi connectivity index (χ0n) is 11.6. The fourth-order valence-corrected chi connectivity index (χ4v) is 2.34. The van der Waals surface area contributed by atoms with E-state index in [2.05, 4.69) is 15.4 Å². The van der Waals surface area contributed by atoms with Crippen molar-refractivity contribution in [2.75, 3.05) is 6.54 Å². The van der Waals surface area contributed by atoms with Crippen LogP contribution in [-0.4, -0.2) is 49.4 Å². The molecule has 2 atom stereocenters. The first-order valence-electron chi connectivity index (χ1n) is 6.59. The Labute approximate surface area is 116 Å². The van der Waals surface area contributed by atoms with Crippen LogP contribution in [0.25, 0.3) is 0 Å². The number of carbonyl (C=O) groups is 2. The summed E-state index contributed by atoms with van der Waals surface area (Å²) in [5.41, 5.74) is 0. The van der Waals surface area contributed by atoms with E-state index in [1.165, 1.54) is 4.90 Å². The third kappa shape index (κ3) is 3.25. The molecule has 2 N–H and O–H groups in total. The summed E-state index contributed by atoms with van der Waals surface area (Å²) in [6.07, 6.45) is 2.85. The van der Waals surface area contributed by atoms with Gasteiger partial charge in [0, 0.05) is 13.6 Å². The normalized spacial score (nSPS) is 22.6. The Morgan fingerprint density at radius 1 is 1.55 bits per heavy atom. The van der Waals surface area contributed by atoms with Gasteiger partial charge in [-0.2, -0.15) is 5.10 Å². The first kappa shape index (κ1) is 14.3. The molecule has 0 bridgehead atoms. The van der Waals surface area contributed by atoms with E-state index in [4.69, 9.17) is 0 Å². The summed E-state index contributed by atoms with van der Waals surface area (Å²) in [4.78, 5) is 28.7. The molecule has 0 aliphatic carbocycles. The SMILES string of the molecule is CC1CCN(C(=O)NCc2ncn(C)n2)C(C(=O)O)C1. The number of nitrogens with zero attached hydrogens (tertiary/aromatic N) is 4. The smallest absolute Gasteiger partial charge is 0.326 e. The van der Waals surface area contributed by atoms with Gasteiger partial charge in [0.2, 0.25) is 0 Å². The summed E-state index contributed by atoms with van der Waals surface area (Å²) in [6.45, 7) is 2.65. The molecule has 0 spiro atoms. The van der Waals surface area contributed by atoms with Gasteiger partial charge in [0.15, 0.2) is 5.82 Å². The van der Waals surface area contributed by atoms with E-state index >= 15 is 0 Å². The monoisotopic (exact) mass is 281 g/mol. The van der Waals surface area contributed by atoms with Gasteiger partial charge in [-0.3, -0.25) is 4.68 Å². The Morgan fingerprint density at radius 2 is 2.30 bits per heavy atom. The van der Waals surface area contributed by atoms with Crippen molar-refractivity contribution in [2.24, 2.45) is 13.0 Å². The highest BCUT2D eigenvalue weighted by Gasteiger charge is 2.34. The van der Waals surface area contributed by atoms with Crippen LogP contribution in [0.1, 0.15) is 25.6 Å². The Balaban J connectivity index is 1.94. The second kappa shape index (κ2) is 5.89. The lowest BCUT2D eigenvalue weighted by atomic mass is 9.93. The van der Waals surface area contributed by atoms with Gasteiger partial charge in [0.05, 0.1) is 6.54 Å². The van der Waals surface area contributed by atoms with Gasteiger partial charge >= 0.3 is 12.0 Å². The van der Waals surface area contributed by atoms with Crippen molar-refractivity contribution in [3.63, 3.8) is 0 Å². The number of carbonyl (C=O) groups excluding carboxylic acids is 1. The highest BCUT2D eigenvalue weighted by Crippen LogP contribution is 2.22. The van der Waals surface area contributed by atoms with Gasteiger partial charge in [-0.25, -0.2) is 14.6 Å². The molecule has 0 saturated carbocycles. The van der Waals surface area contributed by atoms with Gasteiger partial charge < -0.3 is 15.3 Å². The second-order valence-electron chi connectivity index (χ2n) is 5.17. The number of carboxylic acids is 1. The third-order valence-corrected chi connectivity index (χ3v) is 3.46. The number of aliphatic carboxylic acids is 1. The average molecular weight is 281 g/mol. The van der Waals surface area contributed by atoms with E-state index in [1.807, 2.05) is 6.92 Å². The number of rotatable bonds is 3. The van der Waals surface area contributed by atoms with E-state index in [1.54, 1.807) is 18.1 Å². The second-order valence-corrected chi connectivity index (χ2v) is 5.17. The van der Waals surface area contributed by atoms with E-state index in [-0.39, 0.29) is 12.6 Å². The van der Waals surface area contributed by atoms with Crippen LogP contribution in [-0.2, 0) is 18.4 Å². The van der Waals surface area contributed by atoms with Crippen LogP contribution in [0.3, 0.4) is 0 Å². The van der Waals surface area contributed by atoms with Crippen LogP contribution in [0.15, 0.2) is 6.33 Å². The van der Waals surface area contributed by atoms with Crippen LogP contribution in [0, 0.1) is 5.92 Å². The van der Waals surface area contributed by atoms with Gasteiger partial charge in [-0.15, -0.1) is 0 Å². The zero-order chi connectivity index (χ0) is 14.7. The van der Waals surface area contributed by atoms with Crippen LogP contribution >= 0.6 is 0 Å². The highest BCUT2D eigenvalue weighted by atomic mass is 16.4. The average Bonchev–Trinajstić information content (AvgIpc) is 2.81. The van der Waals surface area contributed by atoms with Crippen LogP contribution in [0.2, 0.25) is 0 Å². The van der Waals surface area contributed by atoms with Gasteiger partial charge in [0.1, 0.15) is 12.4 Å². The molecule has 8 heteroatoms. The number of hydrogen-bond acceptors (Lipinski definition) is 4. The molecule has 0 radical (unpaired) electrons. The number of aromatic nitrogens is 3. The molecule has 1 saturated heterocycles. The molecule has 2 heterocycles. The third-order valence-electron chi connectivity index (χ3n) is 3.46. The molecular formula is C12H19N5O3. The lowest BCUT2D eigenvalue weighted by molar-refractivity contribution is -0.143. The topological polar surface area (TPSA) is 100 Å². The molecular weight excluding hydrogens is 262 g/mol. The van der Waals surface area contributed by atoms with Gasteiger partial charge in [-0.05, 0) is 18.8 Å². The molecule has 1 fully saturated rings. The first-order chi connectivity index (χ1) is 9.47. The molecule has 20 heavy (non-hydrogen) atoms. The van der Waals surface area contributed by atoms with Gasteiger partial charge in [-0.1, -0.05) is 6.92 Å². The number of hydrogen-bond donors (Lipinski definition) is 2. The van der Waals surface area contributed by atoms with E-state index < -0.39 is 12.0 Å². The van der Waals surface area contributed by atoms with Crippen molar-refractivity contribution in [2.45, 2.75) is 32.4 Å². The van der Waals surface area contributed by atoms with Crippen molar-refractivity contribution < 1.29 is 14.7 Å². The molecule has 1 aromatic heterocycles. The summed E-state index contributed by atoms with van der Waals surface area (Å²) in [5.74, 6) is -0.140. The fourth-order valence-electron chi connectivity index (χ4n) is 2.34. The zero-order valence-corrected chi connectivity index (χ0v) is 11.6. The molecule has 8 nitrogen and oxygen atoms in total. The summed E-state index contributed by atoms with van der Waals surface area (Å²) in [6, 6.07) is -1.13. The number of aryl methyl sites for hydroxylation is 1. The lowest BCUT2D eigenvalue weighted by Crippen LogP contribution is -2.53. The molecule has 1 aliphatic heterocycles. The summed E-state index contributed by atoms with van der Waals surface area (Å²) in [7, 11) is 1.74. The fraction of sp³-hybridized carbons (Fsp3) is 0.667. The van der Waals surface area contributed by atoms with E-state index in [0.717, 1.165) is 6.42 Å². The minimum atomic E-state index is -0.956. The highest BCUT2D eigenvalue weighted by molar-refractivity contribution is 5.82.